The van der Waals surface area contributed by atoms with Gasteiger partial charge in [-0.15, -0.1) is 0 Å². The Balaban J connectivity index is 2.44. The Kier molecular flexibility index (Phi) is 3.02. The van der Waals surface area contributed by atoms with Crippen LogP contribution in [0.15, 0.2) is 42.1 Å². The molecule has 0 aliphatic rings. The number of pyridine rings is 1. The van der Waals surface area contributed by atoms with Gasteiger partial charge in [0.2, 0.25) is 0 Å². The summed E-state index contributed by atoms with van der Waals surface area (Å²) in [7, 11) is 0. The second-order valence-electron chi connectivity index (χ2n) is 4.13. The Morgan fingerprint density at radius 3 is 2.94 bits per heavy atom. The van der Waals surface area contributed by atoms with Gasteiger partial charge in [-0.25, -0.2) is 0 Å². The summed E-state index contributed by atoms with van der Waals surface area (Å²) in [4.78, 5) is 4.29. The third-order valence-corrected chi connectivity index (χ3v) is 2.74. The van der Waals surface area contributed by atoms with E-state index < -0.39 is 0 Å². The highest BCUT2D eigenvalue weighted by atomic mass is 14.6. The van der Waals surface area contributed by atoms with Gasteiger partial charge in [-0.1, -0.05) is 23.8 Å². The summed E-state index contributed by atoms with van der Waals surface area (Å²) in [5, 5.41) is 1.16. The lowest BCUT2D eigenvalue weighted by Gasteiger charge is -2.05. The van der Waals surface area contributed by atoms with Crippen LogP contribution in [0.1, 0.15) is 19.4 Å². The second-order valence-corrected chi connectivity index (χ2v) is 4.13. The Hall–Kier alpha value is -1.67. The zero-order valence-corrected chi connectivity index (χ0v) is 9.64. The summed E-state index contributed by atoms with van der Waals surface area (Å²) in [5.74, 6) is 0. The molecule has 0 aliphatic carbocycles. The maximum Gasteiger partial charge on any atom is 0.0702 e. The van der Waals surface area contributed by atoms with E-state index in [4.69, 9.17) is 5.73 Å². The highest BCUT2D eigenvalue weighted by Crippen LogP contribution is 2.16. The molecule has 0 saturated heterocycles. The Bertz CT molecular complexity index is 527. The minimum absolute atomic E-state index is 0.101. The predicted octanol–water partition coefficient (Wildman–Crippen LogP) is 2.99. The van der Waals surface area contributed by atoms with Crippen LogP contribution >= 0.6 is 0 Å². The number of fused-ring (bicyclic) bond motifs is 1. The van der Waals surface area contributed by atoms with Crippen LogP contribution in [-0.2, 0) is 0 Å². The largest absolute Gasteiger partial charge is 0.324 e. The van der Waals surface area contributed by atoms with E-state index in [1.807, 2.05) is 25.3 Å². The van der Waals surface area contributed by atoms with E-state index in [-0.39, 0.29) is 6.04 Å². The van der Waals surface area contributed by atoms with Crippen molar-refractivity contribution in [3.63, 3.8) is 0 Å². The molecule has 2 N–H and O–H groups in total. The molecule has 2 heteroatoms. The molecule has 0 spiro atoms. The standard InChI is InChI=1S/C14H16N2/c1-10(11(2)15)8-12-5-6-14-13(9-12)4-3-7-16-14/h3-9,11H,15H2,1-2H3/b10-8+. The average molecular weight is 212 g/mol. The normalized spacial score (nSPS) is 14.1. The number of nitrogens with zero attached hydrogens (tertiary/aromatic N) is 1. The van der Waals surface area contributed by atoms with Crippen LogP contribution in [0.2, 0.25) is 0 Å². The van der Waals surface area contributed by atoms with Crippen molar-refractivity contribution in [2.75, 3.05) is 0 Å². The maximum absolute atomic E-state index is 5.82. The molecule has 1 unspecified atom stereocenters. The van der Waals surface area contributed by atoms with Crippen molar-refractivity contribution in [3.05, 3.63) is 47.7 Å². The van der Waals surface area contributed by atoms with Gasteiger partial charge in [-0.2, -0.15) is 0 Å². The van der Waals surface area contributed by atoms with E-state index in [1.54, 1.807) is 0 Å². The summed E-state index contributed by atoms with van der Waals surface area (Å²) in [5.41, 5.74) is 9.20. The number of benzene rings is 1. The number of aromatic nitrogens is 1. The van der Waals surface area contributed by atoms with Crippen molar-refractivity contribution in [2.24, 2.45) is 5.73 Å². The van der Waals surface area contributed by atoms with Crippen LogP contribution in [0, 0.1) is 0 Å². The molecule has 1 heterocycles. The first kappa shape index (κ1) is 10.8. The SMILES string of the molecule is C/C(=C\c1ccc2ncccc2c1)C(C)N. The second kappa shape index (κ2) is 4.45. The molecule has 0 aliphatic heterocycles. The molecule has 2 rings (SSSR count). The van der Waals surface area contributed by atoms with Gasteiger partial charge in [0.15, 0.2) is 0 Å². The topological polar surface area (TPSA) is 38.9 Å². The van der Waals surface area contributed by atoms with Gasteiger partial charge in [-0.05, 0) is 37.6 Å². The third kappa shape index (κ3) is 2.28. The fourth-order valence-electron chi connectivity index (χ4n) is 1.58. The van der Waals surface area contributed by atoms with Gasteiger partial charge in [-0.3, -0.25) is 4.98 Å². The summed E-state index contributed by atoms with van der Waals surface area (Å²) < 4.78 is 0. The molecule has 1 atom stereocenters. The average Bonchev–Trinajstić information content (AvgIpc) is 2.28. The quantitative estimate of drug-likeness (QED) is 0.831. The van der Waals surface area contributed by atoms with Crippen LogP contribution in [0.25, 0.3) is 17.0 Å². The van der Waals surface area contributed by atoms with Crippen molar-refractivity contribution < 1.29 is 0 Å². The van der Waals surface area contributed by atoms with Gasteiger partial charge in [0.1, 0.15) is 0 Å². The molecule has 1 aromatic carbocycles. The number of hydrogen-bond donors (Lipinski definition) is 1. The van der Waals surface area contributed by atoms with E-state index in [0.29, 0.717) is 0 Å². The van der Waals surface area contributed by atoms with Crippen molar-refractivity contribution in [1.82, 2.24) is 4.98 Å². The van der Waals surface area contributed by atoms with Gasteiger partial charge >= 0.3 is 0 Å². The lowest BCUT2D eigenvalue weighted by atomic mass is 10.1. The summed E-state index contributed by atoms with van der Waals surface area (Å²) in [6.45, 7) is 4.05. The van der Waals surface area contributed by atoms with E-state index in [1.165, 1.54) is 11.1 Å². The first-order valence-corrected chi connectivity index (χ1v) is 5.45. The minimum atomic E-state index is 0.101. The van der Waals surface area contributed by atoms with E-state index in [0.717, 1.165) is 10.9 Å². The molecule has 0 bridgehead atoms. The molecule has 0 saturated carbocycles. The first-order chi connectivity index (χ1) is 7.66. The highest BCUT2D eigenvalue weighted by Gasteiger charge is 1.98. The van der Waals surface area contributed by atoms with Crippen molar-refractivity contribution in [3.8, 4) is 0 Å². The molecule has 2 aromatic rings. The van der Waals surface area contributed by atoms with Gasteiger partial charge in [0.05, 0.1) is 5.52 Å². The molecule has 0 fully saturated rings. The van der Waals surface area contributed by atoms with Crippen molar-refractivity contribution >= 4 is 17.0 Å². The van der Waals surface area contributed by atoms with Crippen molar-refractivity contribution in [1.29, 1.82) is 0 Å². The Labute approximate surface area is 95.8 Å². The smallest absolute Gasteiger partial charge is 0.0702 e. The first-order valence-electron chi connectivity index (χ1n) is 5.45. The van der Waals surface area contributed by atoms with Gasteiger partial charge in [0.25, 0.3) is 0 Å². The monoisotopic (exact) mass is 212 g/mol. The molecule has 0 radical (unpaired) electrons. The molecule has 82 valence electrons. The van der Waals surface area contributed by atoms with Crippen molar-refractivity contribution in [2.45, 2.75) is 19.9 Å². The van der Waals surface area contributed by atoms with Crippen LogP contribution in [0.5, 0.6) is 0 Å². The van der Waals surface area contributed by atoms with Crippen LogP contribution in [-0.4, -0.2) is 11.0 Å². The summed E-state index contributed by atoms with van der Waals surface area (Å²) in [6.07, 6.45) is 3.93. The third-order valence-electron chi connectivity index (χ3n) is 2.74. The maximum atomic E-state index is 5.82. The Morgan fingerprint density at radius 1 is 1.38 bits per heavy atom. The van der Waals surface area contributed by atoms with E-state index >= 15 is 0 Å². The number of hydrogen-bond acceptors (Lipinski definition) is 2. The fourth-order valence-corrected chi connectivity index (χ4v) is 1.58. The minimum Gasteiger partial charge on any atom is -0.324 e. The molecule has 2 nitrogen and oxygen atoms in total. The number of rotatable bonds is 2. The van der Waals surface area contributed by atoms with Crippen LogP contribution < -0.4 is 5.73 Å². The van der Waals surface area contributed by atoms with E-state index in [2.05, 4.69) is 36.2 Å². The Morgan fingerprint density at radius 2 is 2.19 bits per heavy atom. The number of nitrogens with two attached hydrogens (primary N) is 1. The molecule has 0 amide bonds. The molecule has 1 aromatic heterocycles. The predicted molar refractivity (Wildman–Crippen MR) is 69.0 cm³/mol. The molecule has 16 heavy (non-hydrogen) atoms. The molecular weight excluding hydrogens is 196 g/mol. The van der Waals surface area contributed by atoms with Crippen LogP contribution in [0.4, 0.5) is 0 Å². The van der Waals surface area contributed by atoms with Gasteiger partial charge in [0, 0.05) is 17.6 Å². The lowest BCUT2D eigenvalue weighted by molar-refractivity contribution is 0.868. The zero-order chi connectivity index (χ0) is 11.5. The highest BCUT2D eigenvalue weighted by molar-refractivity contribution is 5.81. The summed E-state index contributed by atoms with van der Waals surface area (Å²) in [6, 6.07) is 10.4. The lowest BCUT2D eigenvalue weighted by Crippen LogP contribution is -2.15. The molecular formula is C14H16N2. The zero-order valence-electron chi connectivity index (χ0n) is 9.64. The van der Waals surface area contributed by atoms with E-state index in [9.17, 15) is 0 Å². The van der Waals surface area contributed by atoms with Gasteiger partial charge < -0.3 is 5.73 Å². The summed E-state index contributed by atoms with van der Waals surface area (Å²) >= 11 is 0. The fraction of sp³-hybridized carbons (Fsp3) is 0.214. The van der Waals surface area contributed by atoms with Crippen LogP contribution in [0.3, 0.4) is 0 Å².